The lowest BCUT2D eigenvalue weighted by molar-refractivity contribution is 0.0952. The Morgan fingerprint density at radius 2 is 2.11 bits per heavy atom. The van der Waals surface area contributed by atoms with Crippen LogP contribution in [0.15, 0.2) is 23.1 Å². The monoisotopic (exact) mass is 305 g/mol. The SMILES string of the molecule is CCCCNC(=O)c1ccc(S(=O)(=O)Cl)c(OC)c1. The van der Waals surface area contributed by atoms with Gasteiger partial charge in [0.15, 0.2) is 0 Å². The van der Waals surface area contributed by atoms with Gasteiger partial charge in [-0.15, -0.1) is 0 Å². The summed E-state index contributed by atoms with van der Waals surface area (Å²) in [6, 6.07) is 4.02. The van der Waals surface area contributed by atoms with E-state index in [4.69, 9.17) is 15.4 Å². The predicted octanol–water partition coefficient (Wildman–Crippen LogP) is 2.15. The summed E-state index contributed by atoms with van der Waals surface area (Å²) in [6.45, 7) is 2.60. The second-order valence-electron chi connectivity index (χ2n) is 3.91. The van der Waals surface area contributed by atoms with E-state index in [0.29, 0.717) is 12.1 Å². The first-order valence-electron chi connectivity index (χ1n) is 5.81. The maximum atomic E-state index is 11.8. The van der Waals surface area contributed by atoms with Crippen LogP contribution in [-0.2, 0) is 9.05 Å². The molecule has 0 saturated heterocycles. The fourth-order valence-electron chi connectivity index (χ4n) is 1.49. The van der Waals surface area contributed by atoms with Crippen molar-refractivity contribution in [3.63, 3.8) is 0 Å². The molecule has 1 aromatic carbocycles. The summed E-state index contributed by atoms with van der Waals surface area (Å²) in [7, 11) is 2.69. The number of hydrogen-bond acceptors (Lipinski definition) is 4. The summed E-state index contributed by atoms with van der Waals surface area (Å²) in [6.07, 6.45) is 1.87. The molecule has 0 unspecified atom stereocenters. The van der Waals surface area contributed by atoms with Crippen molar-refractivity contribution in [2.45, 2.75) is 24.7 Å². The van der Waals surface area contributed by atoms with Gasteiger partial charge in [-0.3, -0.25) is 4.79 Å². The molecule has 0 spiro atoms. The van der Waals surface area contributed by atoms with Gasteiger partial charge in [-0.05, 0) is 24.6 Å². The summed E-state index contributed by atoms with van der Waals surface area (Å²) < 4.78 is 27.5. The van der Waals surface area contributed by atoms with E-state index in [1.54, 1.807) is 0 Å². The van der Waals surface area contributed by atoms with Crippen LogP contribution in [-0.4, -0.2) is 28.0 Å². The van der Waals surface area contributed by atoms with E-state index in [2.05, 4.69) is 5.32 Å². The van der Waals surface area contributed by atoms with E-state index in [1.807, 2.05) is 6.92 Å². The van der Waals surface area contributed by atoms with Gasteiger partial charge in [-0.25, -0.2) is 8.42 Å². The Hall–Kier alpha value is -1.27. The Labute approximate surface area is 117 Å². The number of benzene rings is 1. The topological polar surface area (TPSA) is 72.5 Å². The van der Waals surface area contributed by atoms with Crippen LogP contribution in [0.2, 0.25) is 0 Å². The normalized spacial score (nSPS) is 11.1. The number of carbonyl (C=O) groups excluding carboxylic acids is 1. The zero-order valence-corrected chi connectivity index (χ0v) is 12.3. The molecule has 5 nitrogen and oxygen atoms in total. The first-order valence-corrected chi connectivity index (χ1v) is 8.12. The number of amides is 1. The molecule has 106 valence electrons. The molecular formula is C12H16ClNO4S. The van der Waals surface area contributed by atoms with Crippen molar-refractivity contribution in [3.8, 4) is 5.75 Å². The number of hydrogen-bond donors (Lipinski definition) is 1. The van der Waals surface area contributed by atoms with Crippen LogP contribution in [0.3, 0.4) is 0 Å². The lowest BCUT2D eigenvalue weighted by Gasteiger charge is -2.09. The Bertz CT molecular complexity index is 557. The van der Waals surface area contributed by atoms with E-state index >= 15 is 0 Å². The smallest absolute Gasteiger partial charge is 0.264 e. The third-order valence-corrected chi connectivity index (χ3v) is 3.87. The average Bonchev–Trinajstić information content (AvgIpc) is 2.37. The van der Waals surface area contributed by atoms with Crippen LogP contribution in [0.5, 0.6) is 5.75 Å². The van der Waals surface area contributed by atoms with Crippen molar-refractivity contribution < 1.29 is 17.9 Å². The number of methoxy groups -OCH3 is 1. The highest BCUT2D eigenvalue weighted by atomic mass is 35.7. The Morgan fingerprint density at radius 3 is 2.63 bits per heavy atom. The average molecular weight is 306 g/mol. The summed E-state index contributed by atoms with van der Waals surface area (Å²) in [5, 5.41) is 2.73. The molecule has 0 aromatic heterocycles. The Kier molecular flexibility index (Phi) is 5.62. The molecule has 1 amide bonds. The van der Waals surface area contributed by atoms with Gasteiger partial charge in [0, 0.05) is 22.8 Å². The van der Waals surface area contributed by atoms with Crippen molar-refractivity contribution in [2.75, 3.05) is 13.7 Å². The van der Waals surface area contributed by atoms with Crippen LogP contribution in [0.1, 0.15) is 30.1 Å². The van der Waals surface area contributed by atoms with Crippen molar-refractivity contribution in [3.05, 3.63) is 23.8 Å². The van der Waals surface area contributed by atoms with Gasteiger partial charge < -0.3 is 10.1 Å². The van der Waals surface area contributed by atoms with Gasteiger partial charge in [-0.2, -0.15) is 0 Å². The molecule has 1 rings (SSSR count). The summed E-state index contributed by atoms with van der Waals surface area (Å²) in [5.41, 5.74) is 0.331. The van der Waals surface area contributed by atoms with Crippen molar-refractivity contribution in [2.24, 2.45) is 0 Å². The maximum Gasteiger partial charge on any atom is 0.264 e. The van der Waals surface area contributed by atoms with Crippen LogP contribution >= 0.6 is 10.7 Å². The van der Waals surface area contributed by atoms with Gasteiger partial charge in [0.2, 0.25) is 0 Å². The standard InChI is InChI=1S/C12H16ClNO4S/c1-3-4-7-14-12(15)9-5-6-11(19(13,16)17)10(8-9)18-2/h5-6,8H,3-4,7H2,1-2H3,(H,14,15). The van der Waals surface area contributed by atoms with Gasteiger partial charge in [0.05, 0.1) is 7.11 Å². The van der Waals surface area contributed by atoms with Crippen LogP contribution in [0.4, 0.5) is 0 Å². The predicted molar refractivity (Wildman–Crippen MR) is 73.3 cm³/mol. The van der Waals surface area contributed by atoms with E-state index in [1.165, 1.54) is 25.3 Å². The third-order valence-electron chi connectivity index (χ3n) is 2.50. The number of halogens is 1. The molecule has 0 aliphatic heterocycles. The van der Waals surface area contributed by atoms with Gasteiger partial charge in [0.1, 0.15) is 10.6 Å². The molecule has 0 saturated carbocycles. The molecule has 1 aromatic rings. The first kappa shape index (κ1) is 15.8. The Morgan fingerprint density at radius 1 is 1.42 bits per heavy atom. The van der Waals surface area contributed by atoms with Crippen molar-refractivity contribution in [1.29, 1.82) is 0 Å². The number of carbonyl (C=O) groups is 1. The number of nitrogens with one attached hydrogen (secondary N) is 1. The van der Waals surface area contributed by atoms with Crippen LogP contribution in [0.25, 0.3) is 0 Å². The molecule has 0 bridgehead atoms. The van der Waals surface area contributed by atoms with E-state index in [0.717, 1.165) is 12.8 Å². The number of ether oxygens (including phenoxy) is 1. The number of rotatable bonds is 6. The molecule has 19 heavy (non-hydrogen) atoms. The molecule has 0 heterocycles. The summed E-state index contributed by atoms with van der Waals surface area (Å²) in [5.74, 6) is -0.219. The highest BCUT2D eigenvalue weighted by Crippen LogP contribution is 2.27. The first-order chi connectivity index (χ1) is 8.90. The summed E-state index contributed by atoms with van der Waals surface area (Å²) in [4.78, 5) is 11.6. The maximum absolute atomic E-state index is 11.8. The van der Waals surface area contributed by atoms with Crippen LogP contribution < -0.4 is 10.1 Å². The lowest BCUT2D eigenvalue weighted by atomic mass is 10.2. The largest absolute Gasteiger partial charge is 0.495 e. The molecule has 0 atom stereocenters. The molecule has 0 fully saturated rings. The van der Waals surface area contributed by atoms with E-state index in [9.17, 15) is 13.2 Å². The van der Waals surface area contributed by atoms with Crippen molar-refractivity contribution in [1.82, 2.24) is 5.32 Å². The molecule has 0 aliphatic rings. The molecule has 1 N–H and O–H groups in total. The summed E-state index contributed by atoms with van der Waals surface area (Å²) >= 11 is 0. The minimum absolute atomic E-state index is 0.0538. The number of unbranched alkanes of at least 4 members (excludes halogenated alkanes) is 1. The fraction of sp³-hybridized carbons (Fsp3) is 0.417. The quantitative estimate of drug-likeness (QED) is 0.645. The fourth-order valence-corrected chi connectivity index (χ4v) is 2.49. The Balaban J connectivity index is 2.97. The molecule has 0 aliphatic carbocycles. The zero-order chi connectivity index (χ0) is 14.5. The van der Waals surface area contributed by atoms with Gasteiger partial charge in [0.25, 0.3) is 15.0 Å². The van der Waals surface area contributed by atoms with Crippen molar-refractivity contribution >= 4 is 25.6 Å². The second-order valence-corrected chi connectivity index (χ2v) is 6.45. The van der Waals surface area contributed by atoms with E-state index in [-0.39, 0.29) is 16.6 Å². The lowest BCUT2D eigenvalue weighted by Crippen LogP contribution is -2.24. The highest BCUT2D eigenvalue weighted by molar-refractivity contribution is 8.13. The van der Waals surface area contributed by atoms with E-state index < -0.39 is 9.05 Å². The van der Waals surface area contributed by atoms with Crippen LogP contribution in [0, 0.1) is 0 Å². The zero-order valence-electron chi connectivity index (χ0n) is 10.8. The minimum Gasteiger partial charge on any atom is -0.495 e. The molecule has 0 radical (unpaired) electrons. The van der Waals surface area contributed by atoms with Gasteiger partial charge in [-0.1, -0.05) is 13.3 Å². The highest BCUT2D eigenvalue weighted by Gasteiger charge is 2.18. The molecule has 7 heteroatoms. The van der Waals surface area contributed by atoms with Gasteiger partial charge >= 0.3 is 0 Å². The molecular weight excluding hydrogens is 290 g/mol. The second kappa shape index (κ2) is 6.77. The third kappa shape index (κ3) is 4.40. The minimum atomic E-state index is -3.89.